The highest BCUT2D eigenvalue weighted by atomic mass is 16.5. The highest BCUT2D eigenvalue weighted by molar-refractivity contribution is 5.81. The first kappa shape index (κ1) is 24.4. The number of nitrogens with zero attached hydrogens (tertiary/aromatic N) is 7. The second kappa shape index (κ2) is 10.7. The molecular weight excluding hydrogens is 438 g/mol. The third kappa shape index (κ3) is 5.37. The molecule has 0 N–H and O–H groups in total. The summed E-state index contributed by atoms with van der Waals surface area (Å²) in [4.78, 5) is 18.9. The molecule has 3 aromatic heterocycles. The van der Waals surface area contributed by atoms with Crippen molar-refractivity contribution in [3.63, 3.8) is 0 Å². The molecule has 8 heteroatoms. The number of ether oxygens (including phenoxy) is 1. The Kier molecular flexibility index (Phi) is 7.48. The molecule has 8 nitrogen and oxygen atoms in total. The van der Waals surface area contributed by atoms with Gasteiger partial charge in [-0.3, -0.25) is 4.68 Å². The van der Waals surface area contributed by atoms with E-state index in [0.29, 0.717) is 31.4 Å². The zero-order chi connectivity index (χ0) is 24.9. The fraction of sp³-hybridized carbons (Fsp3) is 0.407. The first-order valence-electron chi connectivity index (χ1n) is 12.3. The zero-order valence-electron chi connectivity index (χ0n) is 21.6. The monoisotopic (exact) mass is 473 g/mol. The van der Waals surface area contributed by atoms with Crippen LogP contribution in [0.2, 0.25) is 0 Å². The number of pyridine rings is 1. The Morgan fingerprint density at radius 2 is 1.60 bits per heavy atom. The fourth-order valence-corrected chi connectivity index (χ4v) is 4.32. The molecule has 0 fully saturated rings. The second-order valence-electron chi connectivity index (χ2n) is 8.72. The van der Waals surface area contributed by atoms with Crippen LogP contribution in [0.15, 0.2) is 42.7 Å². The summed E-state index contributed by atoms with van der Waals surface area (Å²) in [6.07, 6.45) is 3.48. The van der Waals surface area contributed by atoms with Crippen molar-refractivity contribution >= 4 is 22.8 Å². The number of fused-ring (bicyclic) bond motifs is 1. The third-order valence-electron chi connectivity index (χ3n) is 6.18. The molecule has 0 unspecified atom stereocenters. The van der Waals surface area contributed by atoms with Gasteiger partial charge >= 0.3 is 0 Å². The molecule has 1 aromatic carbocycles. The third-order valence-corrected chi connectivity index (χ3v) is 6.18. The molecule has 4 rings (SSSR count). The van der Waals surface area contributed by atoms with Gasteiger partial charge < -0.3 is 14.5 Å². The summed E-state index contributed by atoms with van der Waals surface area (Å²) in [5, 5.41) is 5.68. The number of aryl methyl sites for hydroxylation is 3. The number of aromatic nitrogens is 5. The van der Waals surface area contributed by atoms with Crippen molar-refractivity contribution in [3.05, 3.63) is 65.1 Å². The molecular formula is C27H35N7O. The van der Waals surface area contributed by atoms with Crippen LogP contribution in [0.1, 0.15) is 43.2 Å². The lowest BCUT2D eigenvalue weighted by Crippen LogP contribution is -2.29. The van der Waals surface area contributed by atoms with Crippen molar-refractivity contribution in [2.75, 3.05) is 29.5 Å². The van der Waals surface area contributed by atoms with Gasteiger partial charge in [-0.15, -0.1) is 0 Å². The van der Waals surface area contributed by atoms with E-state index in [-0.39, 0.29) is 0 Å². The van der Waals surface area contributed by atoms with E-state index in [0.717, 1.165) is 41.2 Å². The largest absolute Gasteiger partial charge is 0.491 e. The van der Waals surface area contributed by atoms with Crippen LogP contribution in [0.5, 0.6) is 5.75 Å². The molecule has 4 aromatic rings. The summed E-state index contributed by atoms with van der Waals surface area (Å²) < 4.78 is 7.43. The van der Waals surface area contributed by atoms with Crippen molar-refractivity contribution in [1.82, 2.24) is 24.7 Å². The zero-order valence-corrected chi connectivity index (χ0v) is 21.6. The lowest BCUT2D eigenvalue weighted by Gasteiger charge is -2.27. The summed E-state index contributed by atoms with van der Waals surface area (Å²) in [6.45, 7) is 14.0. The van der Waals surface area contributed by atoms with E-state index >= 15 is 0 Å². The topological polar surface area (TPSA) is 72.2 Å². The van der Waals surface area contributed by atoms with E-state index in [9.17, 15) is 0 Å². The summed E-state index contributed by atoms with van der Waals surface area (Å²) >= 11 is 0. The van der Waals surface area contributed by atoms with E-state index in [1.165, 1.54) is 11.1 Å². The molecule has 0 aliphatic carbocycles. The standard InChI is InChI=1S/C27H35N7O/c1-7-33(8-2)25-22(14-24-20(5)31-32(6)26(24)30-25)18-34(17-21-12-10-19(4)11-13-21)27-28-15-23(16-29-27)35-9-3/h10-16H,7-9,17-18H2,1-6H3. The molecule has 0 radical (unpaired) electrons. The van der Waals surface area contributed by atoms with Crippen LogP contribution in [0, 0.1) is 13.8 Å². The maximum atomic E-state index is 5.56. The van der Waals surface area contributed by atoms with Crippen molar-refractivity contribution in [2.24, 2.45) is 7.05 Å². The van der Waals surface area contributed by atoms with E-state index < -0.39 is 0 Å². The second-order valence-corrected chi connectivity index (χ2v) is 8.72. The first-order chi connectivity index (χ1) is 16.9. The number of rotatable bonds is 10. The number of hydrogen-bond acceptors (Lipinski definition) is 7. The Bertz CT molecular complexity index is 1260. The smallest absolute Gasteiger partial charge is 0.226 e. The Morgan fingerprint density at radius 3 is 2.23 bits per heavy atom. The quantitative estimate of drug-likeness (QED) is 0.327. The summed E-state index contributed by atoms with van der Waals surface area (Å²) in [6, 6.07) is 10.8. The van der Waals surface area contributed by atoms with Crippen molar-refractivity contribution in [3.8, 4) is 5.75 Å². The molecule has 0 spiro atoms. The highest BCUT2D eigenvalue weighted by Crippen LogP contribution is 2.28. The molecule has 0 aliphatic rings. The number of benzene rings is 1. The van der Waals surface area contributed by atoms with Gasteiger partial charge in [0.15, 0.2) is 11.4 Å². The van der Waals surface area contributed by atoms with Crippen LogP contribution >= 0.6 is 0 Å². The van der Waals surface area contributed by atoms with Crippen LogP contribution in [0.25, 0.3) is 11.0 Å². The predicted octanol–water partition coefficient (Wildman–Crippen LogP) is 4.83. The Hall–Kier alpha value is -3.68. The van der Waals surface area contributed by atoms with Crippen LogP contribution in [0.3, 0.4) is 0 Å². The Labute approximate surface area is 207 Å². The van der Waals surface area contributed by atoms with E-state index in [1.807, 2.05) is 25.6 Å². The van der Waals surface area contributed by atoms with E-state index in [2.05, 4.69) is 76.0 Å². The molecule has 184 valence electrons. The first-order valence-corrected chi connectivity index (χ1v) is 12.3. The van der Waals surface area contributed by atoms with E-state index in [1.54, 1.807) is 12.4 Å². The molecule has 0 amide bonds. The Balaban J connectivity index is 1.78. The minimum atomic E-state index is 0.583. The van der Waals surface area contributed by atoms with Gasteiger partial charge in [-0.05, 0) is 46.2 Å². The van der Waals surface area contributed by atoms with Crippen LogP contribution in [-0.2, 0) is 20.1 Å². The number of hydrogen-bond donors (Lipinski definition) is 0. The maximum Gasteiger partial charge on any atom is 0.226 e. The van der Waals surface area contributed by atoms with Crippen LogP contribution in [-0.4, -0.2) is 44.4 Å². The fourth-order valence-electron chi connectivity index (χ4n) is 4.32. The lowest BCUT2D eigenvalue weighted by molar-refractivity contribution is 0.337. The minimum absolute atomic E-state index is 0.583. The Morgan fingerprint density at radius 1 is 0.914 bits per heavy atom. The lowest BCUT2D eigenvalue weighted by atomic mass is 10.1. The number of anilines is 2. The van der Waals surface area contributed by atoms with Gasteiger partial charge in [-0.2, -0.15) is 5.10 Å². The van der Waals surface area contributed by atoms with Crippen molar-refractivity contribution in [1.29, 1.82) is 0 Å². The molecule has 35 heavy (non-hydrogen) atoms. The molecule has 0 bridgehead atoms. The molecule has 0 saturated carbocycles. The van der Waals surface area contributed by atoms with Gasteiger partial charge in [-0.1, -0.05) is 29.8 Å². The molecule has 0 atom stereocenters. The maximum absolute atomic E-state index is 5.56. The predicted molar refractivity (Wildman–Crippen MR) is 141 cm³/mol. The normalized spacial score (nSPS) is 11.1. The SMILES string of the molecule is CCOc1cnc(N(Cc2ccc(C)cc2)Cc2cc3c(C)nn(C)c3nc2N(CC)CC)nc1. The highest BCUT2D eigenvalue weighted by Gasteiger charge is 2.20. The summed E-state index contributed by atoms with van der Waals surface area (Å²) in [7, 11) is 1.95. The minimum Gasteiger partial charge on any atom is -0.491 e. The summed E-state index contributed by atoms with van der Waals surface area (Å²) in [5.41, 5.74) is 5.44. The summed E-state index contributed by atoms with van der Waals surface area (Å²) in [5.74, 6) is 2.30. The molecule has 0 saturated heterocycles. The van der Waals surface area contributed by atoms with E-state index in [4.69, 9.17) is 9.72 Å². The van der Waals surface area contributed by atoms with Crippen LogP contribution in [0.4, 0.5) is 11.8 Å². The molecule has 0 aliphatic heterocycles. The van der Waals surface area contributed by atoms with Gasteiger partial charge in [0.1, 0.15) is 5.82 Å². The van der Waals surface area contributed by atoms with Gasteiger partial charge in [0.2, 0.25) is 5.95 Å². The average Bonchev–Trinajstić information content (AvgIpc) is 3.14. The van der Waals surface area contributed by atoms with Gasteiger partial charge in [0.05, 0.1) is 24.7 Å². The average molecular weight is 474 g/mol. The van der Waals surface area contributed by atoms with Gasteiger partial charge in [0.25, 0.3) is 0 Å². The van der Waals surface area contributed by atoms with Gasteiger partial charge in [-0.25, -0.2) is 15.0 Å². The molecule has 3 heterocycles. The van der Waals surface area contributed by atoms with Crippen LogP contribution < -0.4 is 14.5 Å². The van der Waals surface area contributed by atoms with Crippen molar-refractivity contribution in [2.45, 2.75) is 47.7 Å². The van der Waals surface area contributed by atoms with Crippen molar-refractivity contribution < 1.29 is 4.74 Å². The van der Waals surface area contributed by atoms with Gasteiger partial charge in [0, 0.05) is 44.2 Å².